The molecule has 0 radical (unpaired) electrons. The van der Waals surface area contributed by atoms with Gasteiger partial charge in [-0.2, -0.15) is 0 Å². The Morgan fingerprint density at radius 2 is 1.95 bits per heavy atom. The molecule has 3 rings (SSSR count). The fraction of sp³-hybridized carbons (Fsp3) is 0.529. The van der Waals surface area contributed by atoms with Crippen LogP contribution in [0.15, 0.2) is 30.3 Å². The number of nitrogens with one attached hydrogen (secondary N) is 1. The summed E-state index contributed by atoms with van der Waals surface area (Å²) in [6.45, 7) is 3.06. The molecule has 4 heteroatoms. The van der Waals surface area contributed by atoms with Gasteiger partial charge in [-0.3, -0.25) is 0 Å². The smallest absolute Gasteiger partial charge is 0.139 e. The van der Waals surface area contributed by atoms with E-state index in [1.54, 1.807) is 11.3 Å². The topological polar surface area (TPSA) is 37.8 Å². The molecule has 1 aliphatic rings. The van der Waals surface area contributed by atoms with Crippen molar-refractivity contribution < 1.29 is 0 Å². The lowest BCUT2D eigenvalue weighted by Gasteiger charge is -2.14. The first-order valence-electron chi connectivity index (χ1n) is 7.97. The van der Waals surface area contributed by atoms with Crippen LogP contribution in [-0.4, -0.2) is 16.7 Å². The van der Waals surface area contributed by atoms with Crippen molar-refractivity contribution in [3.8, 4) is 0 Å². The van der Waals surface area contributed by atoms with Crippen LogP contribution in [0.25, 0.3) is 0 Å². The van der Waals surface area contributed by atoms with Crippen LogP contribution in [0.2, 0.25) is 0 Å². The summed E-state index contributed by atoms with van der Waals surface area (Å²) in [6, 6.07) is 10.7. The highest BCUT2D eigenvalue weighted by Crippen LogP contribution is 2.31. The molecule has 1 fully saturated rings. The first-order valence-corrected chi connectivity index (χ1v) is 8.79. The molecular weight excluding hydrogens is 278 g/mol. The Balaban J connectivity index is 1.75. The lowest BCUT2D eigenvalue weighted by Crippen LogP contribution is -2.21. The summed E-state index contributed by atoms with van der Waals surface area (Å²) in [5, 5.41) is 14.7. The third kappa shape index (κ3) is 3.69. The highest BCUT2D eigenvalue weighted by atomic mass is 32.1. The lowest BCUT2D eigenvalue weighted by atomic mass is 10.1. The van der Waals surface area contributed by atoms with E-state index >= 15 is 0 Å². The second kappa shape index (κ2) is 7.14. The Kier molecular flexibility index (Phi) is 4.99. The van der Waals surface area contributed by atoms with E-state index in [0.29, 0.717) is 0 Å². The van der Waals surface area contributed by atoms with E-state index in [2.05, 4.69) is 52.8 Å². The molecule has 0 amide bonds. The van der Waals surface area contributed by atoms with Gasteiger partial charge in [0.2, 0.25) is 0 Å². The van der Waals surface area contributed by atoms with Gasteiger partial charge in [-0.15, -0.1) is 10.2 Å². The standard InChI is InChI=1S/C17H23N3S/c1-2-18-16(14-10-4-3-5-11-14)17-20-19-15(21-17)12-13-8-6-7-9-13/h3-5,10-11,13,16,18H,2,6-9,12H2,1H3. The third-order valence-electron chi connectivity index (χ3n) is 4.21. The highest BCUT2D eigenvalue weighted by molar-refractivity contribution is 7.11. The van der Waals surface area contributed by atoms with Crippen LogP contribution in [0.4, 0.5) is 0 Å². The van der Waals surface area contributed by atoms with Gasteiger partial charge in [-0.05, 0) is 18.0 Å². The van der Waals surface area contributed by atoms with Gasteiger partial charge in [-0.1, -0.05) is 74.3 Å². The van der Waals surface area contributed by atoms with Gasteiger partial charge in [-0.25, -0.2) is 0 Å². The summed E-state index contributed by atoms with van der Waals surface area (Å²) in [6.07, 6.45) is 6.63. The molecule has 1 heterocycles. The first-order chi connectivity index (χ1) is 10.4. The third-order valence-corrected chi connectivity index (χ3v) is 5.22. The molecule has 0 bridgehead atoms. The minimum absolute atomic E-state index is 0.172. The van der Waals surface area contributed by atoms with Gasteiger partial charge in [0.05, 0.1) is 6.04 Å². The maximum atomic E-state index is 4.46. The Bertz CT molecular complexity index is 546. The van der Waals surface area contributed by atoms with Gasteiger partial charge >= 0.3 is 0 Å². The molecule has 0 aliphatic heterocycles. The summed E-state index contributed by atoms with van der Waals surface area (Å²) in [5.74, 6) is 0.833. The maximum absolute atomic E-state index is 4.46. The van der Waals surface area contributed by atoms with Gasteiger partial charge in [0.1, 0.15) is 10.0 Å². The molecule has 1 aromatic carbocycles. The molecular formula is C17H23N3S. The van der Waals surface area contributed by atoms with E-state index in [9.17, 15) is 0 Å². The zero-order valence-electron chi connectivity index (χ0n) is 12.6. The van der Waals surface area contributed by atoms with Crippen LogP contribution in [0.1, 0.15) is 54.2 Å². The number of hydrogen-bond donors (Lipinski definition) is 1. The number of rotatable bonds is 6. The van der Waals surface area contributed by atoms with Gasteiger partial charge in [0.25, 0.3) is 0 Å². The van der Waals surface area contributed by atoms with Gasteiger partial charge in [0, 0.05) is 6.42 Å². The fourth-order valence-electron chi connectivity index (χ4n) is 3.12. The van der Waals surface area contributed by atoms with Crippen LogP contribution in [0, 0.1) is 5.92 Å². The molecule has 0 saturated heterocycles. The van der Waals surface area contributed by atoms with Crippen molar-refractivity contribution in [1.29, 1.82) is 0 Å². The van der Waals surface area contributed by atoms with Crippen molar-refractivity contribution in [2.75, 3.05) is 6.54 Å². The van der Waals surface area contributed by atoms with Crippen LogP contribution in [0.5, 0.6) is 0 Å². The minimum atomic E-state index is 0.172. The van der Waals surface area contributed by atoms with Crippen molar-refractivity contribution in [3.63, 3.8) is 0 Å². The molecule has 1 saturated carbocycles. The zero-order chi connectivity index (χ0) is 14.5. The van der Waals surface area contributed by atoms with Crippen molar-refractivity contribution in [1.82, 2.24) is 15.5 Å². The molecule has 1 aliphatic carbocycles. The van der Waals surface area contributed by atoms with Gasteiger partial charge < -0.3 is 5.32 Å². The van der Waals surface area contributed by atoms with E-state index in [4.69, 9.17) is 0 Å². The van der Waals surface area contributed by atoms with Crippen molar-refractivity contribution in [2.24, 2.45) is 5.92 Å². The van der Waals surface area contributed by atoms with E-state index in [0.717, 1.165) is 23.9 Å². The average molecular weight is 301 g/mol. The molecule has 3 nitrogen and oxygen atoms in total. The predicted octanol–water partition coefficient (Wildman–Crippen LogP) is 3.97. The lowest BCUT2D eigenvalue weighted by molar-refractivity contribution is 0.542. The van der Waals surface area contributed by atoms with Crippen LogP contribution >= 0.6 is 11.3 Å². The molecule has 1 N–H and O–H groups in total. The largest absolute Gasteiger partial charge is 0.304 e. The summed E-state index contributed by atoms with van der Waals surface area (Å²) in [4.78, 5) is 0. The summed E-state index contributed by atoms with van der Waals surface area (Å²) >= 11 is 1.78. The number of nitrogens with zero attached hydrogens (tertiary/aromatic N) is 2. The highest BCUT2D eigenvalue weighted by Gasteiger charge is 2.21. The quantitative estimate of drug-likeness (QED) is 0.877. The van der Waals surface area contributed by atoms with Gasteiger partial charge in [0.15, 0.2) is 0 Å². The Hall–Kier alpha value is -1.26. The number of aromatic nitrogens is 2. The molecule has 1 atom stereocenters. The van der Waals surface area contributed by atoms with Crippen LogP contribution < -0.4 is 5.32 Å². The predicted molar refractivity (Wildman–Crippen MR) is 87.5 cm³/mol. The maximum Gasteiger partial charge on any atom is 0.139 e. The minimum Gasteiger partial charge on any atom is -0.304 e. The Morgan fingerprint density at radius 1 is 1.19 bits per heavy atom. The van der Waals surface area contributed by atoms with E-state index in [-0.39, 0.29) is 6.04 Å². The molecule has 112 valence electrons. The molecule has 1 aromatic heterocycles. The number of hydrogen-bond acceptors (Lipinski definition) is 4. The van der Waals surface area contributed by atoms with Crippen LogP contribution in [-0.2, 0) is 6.42 Å². The second-order valence-corrected chi connectivity index (χ2v) is 6.88. The first kappa shape index (κ1) is 14.7. The molecule has 1 unspecified atom stereocenters. The monoisotopic (exact) mass is 301 g/mol. The van der Waals surface area contributed by atoms with Crippen LogP contribution in [0.3, 0.4) is 0 Å². The average Bonchev–Trinajstić information content (AvgIpc) is 3.18. The zero-order valence-corrected chi connectivity index (χ0v) is 13.4. The Morgan fingerprint density at radius 3 is 2.67 bits per heavy atom. The van der Waals surface area contributed by atoms with Crippen molar-refractivity contribution in [2.45, 2.75) is 45.1 Å². The van der Waals surface area contributed by atoms with E-state index in [1.807, 2.05) is 0 Å². The SMILES string of the molecule is CCNC(c1ccccc1)c1nnc(CC2CCCC2)s1. The van der Waals surface area contributed by atoms with E-state index < -0.39 is 0 Å². The second-order valence-electron chi connectivity index (χ2n) is 5.79. The summed E-state index contributed by atoms with van der Waals surface area (Å²) in [5.41, 5.74) is 1.27. The van der Waals surface area contributed by atoms with E-state index in [1.165, 1.54) is 36.3 Å². The van der Waals surface area contributed by atoms with Crippen molar-refractivity contribution in [3.05, 3.63) is 45.9 Å². The fourth-order valence-corrected chi connectivity index (χ4v) is 4.19. The summed E-state index contributed by atoms with van der Waals surface area (Å²) < 4.78 is 0. The molecule has 21 heavy (non-hydrogen) atoms. The molecule has 2 aromatic rings. The Labute approximate surface area is 130 Å². The normalized spacial score (nSPS) is 17.2. The molecule has 0 spiro atoms. The summed E-state index contributed by atoms with van der Waals surface area (Å²) in [7, 11) is 0. The number of benzene rings is 1. The van der Waals surface area contributed by atoms with Crippen molar-refractivity contribution >= 4 is 11.3 Å².